The number of nitrogens with one attached hydrogen (secondary N) is 2. The Labute approximate surface area is 113 Å². The standard InChI is InChI=1S/C14H20N2O3/c1-10(17)15-11-6-5-7-12(8-11)16-13(18)9-19-14(2,3)4/h5-8H,9H2,1-4H3,(H,15,17)(H,16,18). The van der Waals surface area contributed by atoms with Crippen LogP contribution in [0.5, 0.6) is 0 Å². The van der Waals surface area contributed by atoms with Crippen molar-refractivity contribution in [1.29, 1.82) is 0 Å². The van der Waals surface area contributed by atoms with Gasteiger partial charge in [0.1, 0.15) is 6.61 Å². The molecule has 19 heavy (non-hydrogen) atoms. The number of ether oxygens (including phenoxy) is 1. The van der Waals surface area contributed by atoms with E-state index in [4.69, 9.17) is 4.74 Å². The highest BCUT2D eigenvalue weighted by Gasteiger charge is 2.13. The highest BCUT2D eigenvalue weighted by atomic mass is 16.5. The normalized spacial score (nSPS) is 10.9. The van der Waals surface area contributed by atoms with Gasteiger partial charge in [0.25, 0.3) is 0 Å². The van der Waals surface area contributed by atoms with E-state index in [0.29, 0.717) is 11.4 Å². The van der Waals surface area contributed by atoms with Gasteiger partial charge < -0.3 is 15.4 Å². The van der Waals surface area contributed by atoms with Crippen LogP contribution in [0, 0.1) is 0 Å². The van der Waals surface area contributed by atoms with Crippen LogP contribution in [0.25, 0.3) is 0 Å². The molecule has 0 spiro atoms. The van der Waals surface area contributed by atoms with Gasteiger partial charge in [-0.3, -0.25) is 9.59 Å². The van der Waals surface area contributed by atoms with E-state index in [1.165, 1.54) is 6.92 Å². The molecule has 0 aliphatic carbocycles. The average Bonchev–Trinajstić information content (AvgIpc) is 2.25. The topological polar surface area (TPSA) is 67.4 Å². The Balaban J connectivity index is 2.57. The lowest BCUT2D eigenvalue weighted by atomic mass is 10.2. The minimum atomic E-state index is -0.352. The number of rotatable bonds is 4. The van der Waals surface area contributed by atoms with Crippen molar-refractivity contribution in [1.82, 2.24) is 0 Å². The van der Waals surface area contributed by atoms with Crippen LogP contribution >= 0.6 is 0 Å². The largest absolute Gasteiger partial charge is 0.366 e. The summed E-state index contributed by atoms with van der Waals surface area (Å²) in [5, 5.41) is 5.37. The predicted molar refractivity (Wildman–Crippen MR) is 75.1 cm³/mol. The highest BCUT2D eigenvalue weighted by Crippen LogP contribution is 2.15. The summed E-state index contributed by atoms with van der Waals surface area (Å²) >= 11 is 0. The van der Waals surface area contributed by atoms with Gasteiger partial charge in [0.2, 0.25) is 11.8 Å². The highest BCUT2D eigenvalue weighted by molar-refractivity contribution is 5.93. The van der Waals surface area contributed by atoms with E-state index in [9.17, 15) is 9.59 Å². The number of carbonyl (C=O) groups is 2. The number of hydrogen-bond acceptors (Lipinski definition) is 3. The lowest BCUT2D eigenvalue weighted by Gasteiger charge is -2.19. The Morgan fingerprint density at radius 2 is 1.74 bits per heavy atom. The maximum Gasteiger partial charge on any atom is 0.250 e. The van der Waals surface area contributed by atoms with Gasteiger partial charge in [-0.05, 0) is 39.0 Å². The summed E-state index contributed by atoms with van der Waals surface area (Å²) in [6.07, 6.45) is 0. The molecule has 0 radical (unpaired) electrons. The van der Waals surface area contributed by atoms with E-state index in [-0.39, 0.29) is 24.0 Å². The van der Waals surface area contributed by atoms with Crippen LogP contribution in [0.3, 0.4) is 0 Å². The van der Waals surface area contributed by atoms with Gasteiger partial charge in [-0.1, -0.05) is 6.07 Å². The second kappa shape index (κ2) is 6.33. The molecule has 5 heteroatoms. The van der Waals surface area contributed by atoms with Crippen LogP contribution < -0.4 is 10.6 Å². The third-order valence-corrected chi connectivity index (χ3v) is 2.10. The molecule has 0 atom stereocenters. The van der Waals surface area contributed by atoms with Crippen molar-refractivity contribution < 1.29 is 14.3 Å². The molecule has 2 N–H and O–H groups in total. The van der Waals surface area contributed by atoms with Gasteiger partial charge in [0.15, 0.2) is 0 Å². The van der Waals surface area contributed by atoms with Crippen LogP contribution in [-0.2, 0) is 14.3 Å². The lowest BCUT2D eigenvalue weighted by molar-refractivity contribution is -0.125. The summed E-state index contributed by atoms with van der Waals surface area (Å²) in [6, 6.07) is 6.95. The molecular weight excluding hydrogens is 244 g/mol. The van der Waals surface area contributed by atoms with Gasteiger partial charge in [-0.15, -0.1) is 0 Å². The minimum Gasteiger partial charge on any atom is -0.366 e. The molecule has 1 aromatic carbocycles. The first-order valence-corrected chi connectivity index (χ1v) is 6.08. The Morgan fingerprint density at radius 3 is 2.26 bits per heavy atom. The lowest BCUT2D eigenvalue weighted by Crippen LogP contribution is -2.27. The van der Waals surface area contributed by atoms with Crippen molar-refractivity contribution >= 4 is 23.2 Å². The molecule has 0 saturated carbocycles. The Bertz CT molecular complexity index is 464. The van der Waals surface area contributed by atoms with E-state index in [0.717, 1.165) is 0 Å². The number of anilines is 2. The van der Waals surface area contributed by atoms with E-state index >= 15 is 0 Å². The molecule has 2 amide bonds. The van der Waals surface area contributed by atoms with Crippen molar-refractivity contribution in [3.63, 3.8) is 0 Å². The maximum absolute atomic E-state index is 11.7. The second-order valence-electron chi connectivity index (χ2n) is 5.21. The number of amides is 2. The number of hydrogen-bond donors (Lipinski definition) is 2. The SMILES string of the molecule is CC(=O)Nc1cccc(NC(=O)COC(C)(C)C)c1. The molecule has 0 unspecified atom stereocenters. The molecule has 0 bridgehead atoms. The zero-order valence-corrected chi connectivity index (χ0v) is 11.7. The summed E-state index contributed by atoms with van der Waals surface area (Å²) in [4.78, 5) is 22.6. The van der Waals surface area contributed by atoms with E-state index in [1.54, 1.807) is 24.3 Å². The molecular formula is C14H20N2O3. The number of carbonyl (C=O) groups excluding carboxylic acids is 2. The molecule has 0 aliphatic heterocycles. The Hall–Kier alpha value is -1.88. The molecule has 5 nitrogen and oxygen atoms in total. The van der Waals surface area contributed by atoms with Gasteiger partial charge in [0.05, 0.1) is 5.60 Å². The Kier molecular flexibility index (Phi) is 5.06. The summed E-state index contributed by atoms with van der Waals surface area (Å²) < 4.78 is 5.38. The predicted octanol–water partition coefficient (Wildman–Crippen LogP) is 2.40. The zero-order valence-electron chi connectivity index (χ0n) is 11.7. The van der Waals surface area contributed by atoms with Crippen LogP contribution in [0.15, 0.2) is 24.3 Å². The first kappa shape index (κ1) is 15.2. The first-order chi connectivity index (χ1) is 8.76. The molecule has 0 aromatic heterocycles. The van der Waals surface area contributed by atoms with E-state index < -0.39 is 0 Å². The van der Waals surface area contributed by atoms with Gasteiger partial charge in [-0.25, -0.2) is 0 Å². The van der Waals surface area contributed by atoms with Crippen molar-refractivity contribution in [2.24, 2.45) is 0 Å². The molecule has 104 valence electrons. The van der Waals surface area contributed by atoms with Crippen molar-refractivity contribution in [2.75, 3.05) is 17.2 Å². The monoisotopic (exact) mass is 264 g/mol. The van der Waals surface area contributed by atoms with E-state index in [1.807, 2.05) is 20.8 Å². The summed E-state index contributed by atoms with van der Waals surface area (Å²) in [7, 11) is 0. The van der Waals surface area contributed by atoms with Crippen LogP contribution in [0.1, 0.15) is 27.7 Å². The smallest absolute Gasteiger partial charge is 0.250 e. The van der Waals surface area contributed by atoms with Crippen molar-refractivity contribution in [3.8, 4) is 0 Å². The van der Waals surface area contributed by atoms with Crippen LogP contribution in [-0.4, -0.2) is 24.0 Å². The average molecular weight is 264 g/mol. The van der Waals surface area contributed by atoms with Gasteiger partial charge in [-0.2, -0.15) is 0 Å². The van der Waals surface area contributed by atoms with Crippen LogP contribution in [0.2, 0.25) is 0 Å². The Morgan fingerprint density at radius 1 is 1.16 bits per heavy atom. The molecule has 0 saturated heterocycles. The summed E-state index contributed by atoms with van der Waals surface area (Å²) in [5.41, 5.74) is 0.908. The zero-order chi connectivity index (χ0) is 14.5. The fraction of sp³-hybridized carbons (Fsp3) is 0.429. The third kappa shape index (κ3) is 6.57. The molecule has 0 fully saturated rings. The maximum atomic E-state index is 11.7. The fourth-order valence-corrected chi connectivity index (χ4v) is 1.36. The van der Waals surface area contributed by atoms with E-state index in [2.05, 4.69) is 10.6 Å². The van der Waals surface area contributed by atoms with Crippen LogP contribution in [0.4, 0.5) is 11.4 Å². The molecule has 0 aliphatic rings. The summed E-state index contributed by atoms with van der Waals surface area (Å²) in [6.45, 7) is 7.09. The van der Waals surface area contributed by atoms with Gasteiger partial charge >= 0.3 is 0 Å². The van der Waals surface area contributed by atoms with Gasteiger partial charge in [0, 0.05) is 18.3 Å². The molecule has 1 rings (SSSR count). The molecule has 0 heterocycles. The minimum absolute atomic E-state index is 0.00609. The quantitative estimate of drug-likeness (QED) is 0.877. The third-order valence-electron chi connectivity index (χ3n) is 2.10. The number of benzene rings is 1. The fourth-order valence-electron chi connectivity index (χ4n) is 1.36. The van der Waals surface area contributed by atoms with Crippen molar-refractivity contribution in [2.45, 2.75) is 33.3 Å². The first-order valence-electron chi connectivity index (χ1n) is 6.08. The van der Waals surface area contributed by atoms with Crippen molar-refractivity contribution in [3.05, 3.63) is 24.3 Å². The summed E-state index contributed by atoms with van der Waals surface area (Å²) in [5.74, 6) is -0.380. The second-order valence-corrected chi connectivity index (χ2v) is 5.21. The molecule has 1 aromatic rings.